The lowest BCUT2D eigenvalue weighted by atomic mass is 10.2. The molecule has 0 aliphatic heterocycles. The summed E-state index contributed by atoms with van der Waals surface area (Å²) in [4.78, 5) is 16.5. The molecule has 0 atom stereocenters. The number of aromatic nitrogens is 2. The van der Waals surface area contributed by atoms with Crippen molar-refractivity contribution < 1.29 is 8.78 Å². The van der Waals surface area contributed by atoms with Crippen LogP contribution in [-0.2, 0) is 6.54 Å². The van der Waals surface area contributed by atoms with Crippen LogP contribution in [0, 0.1) is 18.6 Å². The summed E-state index contributed by atoms with van der Waals surface area (Å²) in [7, 11) is 0. The molecule has 0 bridgehead atoms. The number of benzene rings is 2. The van der Waals surface area contributed by atoms with E-state index < -0.39 is 0 Å². The van der Waals surface area contributed by atoms with Gasteiger partial charge in [0.2, 0.25) is 0 Å². The zero-order valence-electron chi connectivity index (χ0n) is 13.0. The van der Waals surface area contributed by atoms with Crippen LogP contribution in [-0.4, -0.2) is 9.55 Å². The van der Waals surface area contributed by atoms with Crippen LogP contribution in [0.4, 0.5) is 14.6 Å². The Kier molecular flexibility index (Phi) is 4.37. The van der Waals surface area contributed by atoms with Gasteiger partial charge >= 0.3 is 0 Å². The van der Waals surface area contributed by atoms with E-state index in [-0.39, 0.29) is 23.0 Å². The van der Waals surface area contributed by atoms with Crippen LogP contribution in [0.5, 0.6) is 0 Å². The summed E-state index contributed by atoms with van der Waals surface area (Å²) in [6.07, 6.45) is 2.95. The second-order valence-corrected chi connectivity index (χ2v) is 5.36. The predicted octanol–water partition coefficient (Wildman–Crippen LogP) is 3.43. The van der Waals surface area contributed by atoms with Gasteiger partial charge in [-0.25, -0.2) is 13.8 Å². The Morgan fingerprint density at radius 2 is 1.88 bits per heavy atom. The average Bonchev–Trinajstić information content (AvgIpc) is 2.58. The molecule has 24 heavy (non-hydrogen) atoms. The highest BCUT2D eigenvalue weighted by Crippen LogP contribution is 2.12. The first-order chi connectivity index (χ1) is 11.5. The summed E-state index contributed by atoms with van der Waals surface area (Å²) < 4.78 is 27.9. The third kappa shape index (κ3) is 3.32. The first kappa shape index (κ1) is 15.9. The van der Waals surface area contributed by atoms with Gasteiger partial charge in [0.15, 0.2) is 5.82 Å². The Morgan fingerprint density at radius 1 is 1.12 bits per heavy atom. The largest absolute Gasteiger partial charge is 0.361 e. The fourth-order valence-corrected chi connectivity index (χ4v) is 2.26. The molecule has 0 spiro atoms. The molecule has 2 aromatic carbocycles. The van der Waals surface area contributed by atoms with Crippen molar-refractivity contribution in [3.63, 3.8) is 0 Å². The predicted molar refractivity (Wildman–Crippen MR) is 88.3 cm³/mol. The van der Waals surface area contributed by atoms with Crippen LogP contribution in [0.15, 0.2) is 59.7 Å². The van der Waals surface area contributed by atoms with Gasteiger partial charge < -0.3 is 5.32 Å². The van der Waals surface area contributed by atoms with Gasteiger partial charge in [0.25, 0.3) is 5.56 Å². The van der Waals surface area contributed by atoms with Crippen molar-refractivity contribution in [2.24, 2.45) is 0 Å². The lowest BCUT2D eigenvalue weighted by Crippen LogP contribution is -2.23. The number of nitrogens with one attached hydrogen (secondary N) is 1. The number of aryl methyl sites for hydroxylation is 1. The standard InChI is InChI=1S/C18H15F2N3O/c1-12-2-7-15(10-16(12)20)23-9-8-21-17(18(23)24)22-11-13-3-5-14(19)6-4-13/h2-10H,11H2,1H3,(H,21,22). The molecule has 3 rings (SSSR count). The topological polar surface area (TPSA) is 46.9 Å². The summed E-state index contributed by atoms with van der Waals surface area (Å²) in [5.41, 5.74) is 1.36. The third-order valence-corrected chi connectivity index (χ3v) is 3.65. The van der Waals surface area contributed by atoms with Crippen LogP contribution in [0.3, 0.4) is 0 Å². The minimum Gasteiger partial charge on any atom is -0.361 e. The number of rotatable bonds is 4. The summed E-state index contributed by atoms with van der Waals surface area (Å²) >= 11 is 0. The number of halogens is 2. The molecule has 6 heteroatoms. The van der Waals surface area contributed by atoms with Gasteiger partial charge in [-0.3, -0.25) is 9.36 Å². The Labute approximate surface area is 137 Å². The highest BCUT2D eigenvalue weighted by molar-refractivity contribution is 5.40. The molecule has 0 aliphatic rings. The molecular formula is C18H15F2N3O. The molecular weight excluding hydrogens is 312 g/mol. The maximum atomic E-state index is 13.7. The fourth-order valence-electron chi connectivity index (χ4n) is 2.26. The third-order valence-electron chi connectivity index (χ3n) is 3.65. The van der Waals surface area contributed by atoms with Crippen molar-refractivity contribution in [3.8, 4) is 5.69 Å². The van der Waals surface area contributed by atoms with Crippen LogP contribution in [0.1, 0.15) is 11.1 Å². The van der Waals surface area contributed by atoms with Gasteiger partial charge in [0.05, 0.1) is 5.69 Å². The minimum atomic E-state index is -0.386. The molecule has 0 unspecified atom stereocenters. The Balaban J connectivity index is 1.86. The molecule has 1 aromatic heterocycles. The van der Waals surface area contributed by atoms with Crippen molar-refractivity contribution in [1.29, 1.82) is 0 Å². The zero-order valence-corrected chi connectivity index (χ0v) is 13.0. The van der Waals surface area contributed by atoms with Crippen molar-refractivity contribution in [2.75, 3.05) is 5.32 Å². The van der Waals surface area contributed by atoms with Crippen molar-refractivity contribution in [1.82, 2.24) is 9.55 Å². The average molecular weight is 327 g/mol. The molecule has 0 saturated carbocycles. The lowest BCUT2D eigenvalue weighted by molar-refractivity contribution is 0.617. The quantitative estimate of drug-likeness (QED) is 0.798. The Morgan fingerprint density at radius 3 is 2.58 bits per heavy atom. The van der Waals surface area contributed by atoms with E-state index in [9.17, 15) is 13.6 Å². The summed E-state index contributed by atoms with van der Waals surface area (Å²) in [5, 5.41) is 2.92. The zero-order chi connectivity index (χ0) is 17.1. The summed E-state index contributed by atoms with van der Waals surface area (Å²) in [6.45, 7) is 1.99. The maximum absolute atomic E-state index is 13.7. The van der Waals surface area contributed by atoms with E-state index in [1.165, 1.54) is 35.2 Å². The van der Waals surface area contributed by atoms with Crippen LogP contribution in [0.25, 0.3) is 5.69 Å². The van der Waals surface area contributed by atoms with Gasteiger partial charge in [0.1, 0.15) is 11.6 Å². The Hall–Kier alpha value is -3.02. The SMILES string of the molecule is Cc1ccc(-n2ccnc(NCc3ccc(F)cc3)c2=O)cc1F. The molecule has 4 nitrogen and oxygen atoms in total. The number of anilines is 1. The number of nitrogens with zero attached hydrogens (tertiary/aromatic N) is 2. The first-order valence-electron chi connectivity index (χ1n) is 7.37. The van der Waals surface area contributed by atoms with Gasteiger partial charge in [-0.15, -0.1) is 0 Å². The minimum absolute atomic E-state index is 0.141. The summed E-state index contributed by atoms with van der Waals surface area (Å²) in [6, 6.07) is 10.5. The highest BCUT2D eigenvalue weighted by atomic mass is 19.1. The lowest BCUT2D eigenvalue weighted by Gasteiger charge is -2.10. The van der Waals surface area contributed by atoms with Crippen molar-refractivity contribution >= 4 is 5.82 Å². The van der Waals surface area contributed by atoms with E-state index in [1.54, 1.807) is 31.2 Å². The normalized spacial score (nSPS) is 10.6. The second-order valence-electron chi connectivity index (χ2n) is 5.36. The molecule has 0 saturated heterocycles. The molecule has 1 N–H and O–H groups in total. The second kappa shape index (κ2) is 6.62. The maximum Gasteiger partial charge on any atom is 0.297 e. The van der Waals surface area contributed by atoms with Gasteiger partial charge in [-0.2, -0.15) is 0 Å². The molecule has 3 aromatic rings. The van der Waals surface area contributed by atoms with E-state index >= 15 is 0 Å². The Bertz CT molecular complexity index is 920. The number of hydrogen-bond acceptors (Lipinski definition) is 3. The number of hydrogen-bond donors (Lipinski definition) is 1. The van der Waals surface area contributed by atoms with Gasteiger partial charge in [-0.1, -0.05) is 18.2 Å². The van der Waals surface area contributed by atoms with E-state index in [4.69, 9.17) is 0 Å². The van der Waals surface area contributed by atoms with Crippen LogP contribution < -0.4 is 10.9 Å². The first-order valence-corrected chi connectivity index (χ1v) is 7.37. The van der Waals surface area contributed by atoms with E-state index in [1.807, 2.05) is 0 Å². The van der Waals surface area contributed by atoms with Gasteiger partial charge in [0, 0.05) is 18.9 Å². The molecule has 0 amide bonds. The summed E-state index contributed by atoms with van der Waals surface area (Å²) in [5.74, 6) is -0.555. The van der Waals surface area contributed by atoms with E-state index in [0.29, 0.717) is 17.8 Å². The molecule has 122 valence electrons. The highest BCUT2D eigenvalue weighted by Gasteiger charge is 2.08. The monoisotopic (exact) mass is 327 g/mol. The molecule has 0 aliphatic carbocycles. The van der Waals surface area contributed by atoms with Crippen LogP contribution in [0.2, 0.25) is 0 Å². The smallest absolute Gasteiger partial charge is 0.297 e. The van der Waals surface area contributed by atoms with Crippen molar-refractivity contribution in [3.05, 3.63) is 88.0 Å². The molecule has 0 fully saturated rings. The van der Waals surface area contributed by atoms with Gasteiger partial charge in [-0.05, 0) is 42.3 Å². The molecule has 0 radical (unpaired) electrons. The van der Waals surface area contributed by atoms with Crippen molar-refractivity contribution in [2.45, 2.75) is 13.5 Å². The van der Waals surface area contributed by atoms with E-state index in [0.717, 1.165) is 5.56 Å². The fraction of sp³-hybridized carbons (Fsp3) is 0.111. The van der Waals surface area contributed by atoms with E-state index in [2.05, 4.69) is 10.3 Å². The molecule has 1 heterocycles. The van der Waals surface area contributed by atoms with Crippen LogP contribution >= 0.6 is 0 Å².